The van der Waals surface area contributed by atoms with Crippen LogP contribution in [0.2, 0.25) is 0 Å². The monoisotopic (exact) mass is 1550 g/mol. The lowest BCUT2D eigenvalue weighted by Gasteiger charge is -2.21. The molecule has 108 heavy (non-hydrogen) atoms. The molecule has 0 aliphatic rings. The summed E-state index contributed by atoms with van der Waals surface area (Å²) in [4.78, 5) is 73.1. The Balaban J connectivity index is 5.46. The number of unbranched alkanes of at least 4 members (excludes halogenated alkanes) is 23. The van der Waals surface area contributed by atoms with Gasteiger partial charge in [0.25, 0.3) is 0 Å². The van der Waals surface area contributed by atoms with Crippen molar-refractivity contribution in [3.63, 3.8) is 0 Å². The van der Waals surface area contributed by atoms with Crippen LogP contribution in [-0.4, -0.2) is 96.7 Å². The lowest BCUT2D eigenvalue weighted by Crippen LogP contribution is -2.30. The molecular weight excluding hydrogens is 1400 g/mol. The number of phosphoric acid groups is 2. The van der Waals surface area contributed by atoms with Gasteiger partial charge in [-0.15, -0.1) is 0 Å². The van der Waals surface area contributed by atoms with E-state index in [1.165, 1.54) is 19.3 Å². The number of ether oxygens (including phenoxy) is 4. The lowest BCUT2D eigenvalue weighted by atomic mass is 10.1. The van der Waals surface area contributed by atoms with Crippen molar-refractivity contribution in [2.24, 2.45) is 0 Å². The first-order valence-corrected chi connectivity index (χ1v) is 44.4. The second kappa shape index (κ2) is 79.5. The average Bonchev–Trinajstić information content (AvgIpc) is 0.900. The van der Waals surface area contributed by atoms with Crippen LogP contribution in [0.25, 0.3) is 0 Å². The molecule has 0 heterocycles. The van der Waals surface area contributed by atoms with E-state index in [0.29, 0.717) is 25.7 Å². The number of carbonyl (C=O) groups is 4. The van der Waals surface area contributed by atoms with Gasteiger partial charge in [-0.1, -0.05) is 301 Å². The van der Waals surface area contributed by atoms with Crippen LogP contribution in [0.15, 0.2) is 170 Å². The lowest BCUT2D eigenvalue weighted by molar-refractivity contribution is -0.161. The number of hydrogen-bond acceptors (Lipinski definition) is 15. The summed E-state index contributed by atoms with van der Waals surface area (Å²) < 4.78 is 68.6. The fourth-order valence-electron chi connectivity index (χ4n) is 10.5. The summed E-state index contributed by atoms with van der Waals surface area (Å²) in [5.41, 5.74) is 0. The molecule has 5 unspecified atom stereocenters. The predicted molar refractivity (Wildman–Crippen MR) is 445 cm³/mol. The van der Waals surface area contributed by atoms with Crippen LogP contribution in [-0.2, 0) is 65.4 Å². The van der Waals surface area contributed by atoms with Crippen molar-refractivity contribution in [2.75, 3.05) is 39.6 Å². The molecule has 0 radical (unpaired) electrons. The normalized spacial score (nSPS) is 14.7. The minimum Gasteiger partial charge on any atom is -0.462 e. The minimum absolute atomic E-state index is 0.0733. The molecule has 3 N–H and O–H groups in total. The highest BCUT2D eigenvalue weighted by Crippen LogP contribution is 2.45. The zero-order valence-electron chi connectivity index (χ0n) is 67.2. The molecule has 0 rings (SSSR count). The van der Waals surface area contributed by atoms with E-state index < -0.39 is 97.5 Å². The maximum atomic E-state index is 13.1. The predicted octanol–water partition coefficient (Wildman–Crippen LogP) is 24.6. The molecule has 0 bridgehead atoms. The molecule has 0 aromatic heterocycles. The molecule has 5 atom stereocenters. The van der Waals surface area contributed by atoms with E-state index in [-0.39, 0.29) is 25.7 Å². The standard InChI is InChI=1S/C89H146O17P2/c1-5-9-13-17-21-25-29-33-37-40-41-44-47-50-54-58-62-66-70-74-87(92)100-79-84(105-88(93)75-71-67-63-59-55-51-45-36-32-28-24-20-16-12-8-4)81-103-107(95,96)101-77-83(90)78-102-108(97,98)104-82-85(106-89(94)76-72-68-64-60-56-52-48-43-39-35-31-27-23-19-15-11-7-3)80-99-86(91)73-69-65-61-57-53-49-46-42-38-34-30-26-22-18-14-10-6-2/h10-12,14-16,21-28,33-39,41,44-45,55,59,67,71,83-85,90H,5-9,13,17-20,29-32,40,42-43,46-54,56-58,60-66,68-70,72-82H2,1-4H3,(H,95,96)(H,97,98)/b14-10-,15-11-,16-12-,25-21-,26-22-,27-23-,28-24-,37-33-,38-34-,39-35-,44-41-,45-36-,59-55-,71-67-. The molecule has 0 saturated carbocycles. The topological polar surface area (TPSA) is 237 Å². The molecule has 0 aromatic carbocycles. The van der Waals surface area contributed by atoms with E-state index in [1.54, 1.807) is 12.2 Å². The largest absolute Gasteiger partial charge is 0.472 e. The van der Waals surface area contributed by atoms with Crippen LogP contribution in [0.5, 0.6) is 0 Å². The number of allylic oxidation sites excluding steroid dienone is 27. The smallest absolute Gasteiger partial charge is 0.462 e. The van der Waals surface area contributed by atoms with Crippen LogP contribution in [0.3, 0.4) is 0 Å². The second-order valence-corrected chi connectivity index (χ2v) is 29.8. The summed E-state index contributed by atoms with van der Waals surface area (Å²) in [6, 6.07) is 0. The van der Waals surface area contributed by atoms with Crippen molar-refractivity contribution in [1.29, 1.82) is 0 Å². The summed E-state index contributed by atoms with van der Waals surface area (Å²) >= 11 is 0. The molecular formula is C89H146O17P2. The van der Waals surface area contributed by atoms with Gasteiger partial charge in [0.15, 0.2) is 12.2 Å². The molecule has 19 heteroatoms. The number of aliphatic hydroxyl groups is 1. The van der Waals surface area contributed by atoms with Gasteiger partial charge in [0.2, 0.25) is 0 Å². The molecule has 0 saturated heterocycles. The zero-order valence-corrected chi connectivity index (χ0v) is 69.0. The van der Waals surface area contributed by atoms with Crippen LogP contribution in [0.1, 0.15) is 310 Å². The van der Waals surface area contributed by atoms with E-state index in [9.17, 15) is 43.2 Å². The maximum absolute atomic E-state index is 13.1. The highest BCUT2D eigenvalue weighted by molar-refractivity contribution is 7.47. The summed E-state index contributed by atoms with van der Waals surface area (Å²) in [7, 11) is -10.0. The van der Waals surface area contributed by atoms with Crippen LogP contribution < -0.4 is 0 Å². The number of esters is 4. The van der Waals surface area contributed by atoms with Crippen LogP contribution >= 0.6 is 15.6 Å². The Labute approximate surface area is 654 Å². The highest BCUT2D eigenvalue weighted by Gasteiger charge is 2.30. The third-order valence-corrected chi connectivity index (χ3v) is 18.6. The van der Waals surface area contributed by atoms with Gasteiger partial charge in [0.05, 0.1) is 32.8 Å². The third kappa shape index (κ3) is 78.5. The number of aliphatic hydroxyl groups excluding tert-OH is 1. The average molecular weight is 1550 g/mol. The molecule has 0 aliphatic heterocycles. The summed E-state index contributed by atoms with van der Waals surface area (Å²) in [5, 5.41) is 10.7. The fraction of sp³-hybridized carbons (Fsp3) is 0.640. The van der Waals surface area contributed by atoms with Crippen molar-refractivity contribution in [3.8, 4) is 0 Å². The summed E-state index contributed by atoms with van der Waals surface area (Å²) in [6.07, 6.45) is 94.9. The Bertz CT molecular complexity index is 2710. The van der Waals surface area contributed by atoms with E-state index in [2.05, 4.69) is 174 Å². The van der Waals surface area contributed by atoms with Gasteiger partial charge in [0, 0.05) is 19.3 Å². The Morgan fingerprint density at radius 3 is 0.824 bits per heavy atom. The van der Waals surface area contributed by atoms with E-state index in [1.807, 2.05) is 12.2 Å². The molecule has 17 nitrogen and oxygen atoms in total. The van der Waals surface area contributed by atoms with Gasteiger partial charge in [-0.05, 0) is 154 Å². The van der Waals surface area contributed by atoms with Gasteiger partial charge < -0.3 is 33.8 Å². The molecule has 0 aromatic rings. The number of carbonyl (C=O) groups excluding carboxylic acids is 4. The highest BCUT2D eigenvalue weighted by atomic mass is 31.2. The van der Waals surface area contributed by atoms with Gasteiger partial charge >= 0.3 is 39.5 Å². The first-order valence-electron chi connectivity index (χ1n) is 41.4. The first-order chi connectivity index (χ1) is 52.7. The first kappa shape index (κ1) is 102. The summed E-state index contributed by atoms with van der Waals surface area (Å²) in [6.45, 7) is 4.37. The minimum atomic E-state index is -5.02. The van der Waals surface area contributed by atoms with Crippen LogP contribution in [0.4, 0.5) is 0 Å². The van der Waals surface area contributed by atoms with E-state index >= 15 is 0 Å². The van der Waals surface area contributed by atoms with Gasteiger partial charge in [-0.25, -0.2) is 9.13 Å². The third-order valence-electron chi connectivity index (χ3n) is 16.7. The molecule has 0 fully saturated rings. The molecule has 614 valence electrons. The molecule has 0 aliphatic carbocycles. The van der Waals surface area contributed by atoms with Crippen LogP contribution in [0, 0.1) is 0 Å². The maximum Gasteiger partial charge on any atom is 0.472 e. The van der Waals surface area contributed by atoms with Crippen molar-refractivity contribution < 1.29 is 80.2 Å². The Kier molecular flexibility index (Phi) is 75.4. The SMILES string of the molecule is CC/C=C\C/C=C\C/C=C\C/C=C\C/C=C\CC(=O)OC(COC(=O)CCCCCCCC/C=C\C/C=C\C/C=C\CCCCC)COP(=O)(O)OCC(O)COP(=O)(O)OCC(COC(=O)CCCCCCCCC/C=C\C/C=C\C/C=C\CC)OC(=O)CCCCCCCCC/C=C\C/C=C\C/C=C\CC. The van der Waals surface area contributed by atoms with Crippen molar-refractivity contribution >= 4 is 39.5 Å². The van der Waals surface area contributed by atoms with Gasteiger partial charge in [-0.2, -0.15) is 0 Å². The Hall–Kier alpha value is -5.58. The number of phosphoric ester groups is 2. The van der Waals surface area contributed by atoms with E-state index in [4.69, 9.17) is 37.0 Å². The molecule has 0 amide bonds. The van der Waals surface area contributed by atoms with E-state index in [0.717, 1.165) is 212 Å². The quantitative estimate of drug-likeness (QED) is 0.0169. The fourth-order valence-corrected chi connectivity index (χ4v) is 12.1. The Morgan fingerprint density at radius 2 is 0.519 bits per heavy atom. The number of hydrogen-bond donors (Lipinski definition) is 3. The van der Waals surface area contributed by atoms with Gasteiger partial charge in [0.1, 0.15) is 19.3 Å². The molecule has 0 spiro atoms. The second-order valence-electron chi connectivity index (χ2n) is 26.9. The van der Waals surface area contributed by atoms with Crippen molar-refractivity contribution in [1.82, 2.24) is 0 Å². The Morgan fingerprint density at radius 1 is 0.278 bits per heavy atom. The summed E-state index contributed by atoms with van der Waals surface area (Å²) in [5.74, 6) is -2.37. The van der Waals surface area contributed by atoms with Crippen molar-refractivity contribution in [3.05, 3.63) is 170 Å². The number of rotatable bonds is 76. The van der Waals surface area contributed by atoms with Crippen molar-refractivity contribution in [2.45, 2.75) is 329 Å². The zero-order chi connectivity index (χ0) is 78.9. The van der Waals surface area contributed by atoms with Gasteiger partial charge in [-0.3, -0.25) is 37.3 Å².